The minimum atomic E-state index is -5.69. The molecule has 1 aromatic rings. The van der Waals surface area contributed by atoms with Crippen molar-refractivity contribution in [1.29, 1.82) is 0 Å². The fraction of sp³-hybridized carbons (Fsp3) is 0.111. The number of nitrogens with zero attached hydrogens (tertiary/aromatic N) is 3. The number of allylic oxidation sites excluding steroid dienone is 1. The topological polar surface area (TPSA) is 37.1 Å². The van der Waals surface area contributed by atoms with Crippen LogP contribution in [0.25, 0.3) is 5.57 Å². The third-order valence-corrected chi connectivity index (χ3v) is 8.68. The SMILES string of the molecule is C=C(C)c1ccccc1P1(F)=NP(F)(F)=NP(F)(F)=N1. The molecule has 0 saturated heterocycles. The van der Waals surface area contributed by atoms with E-state index in [0.717, 1.165) is 6.07 Å². The molecular weight excluding hydrogens is 338 g/mol. The van der Waals surface area contributed by atoms with Crippen molar-refractivity contribution in [2.45, 2.75) is 6.92 Å². The third-order valence-electron chi connectivity index (χ3n) is 2.34. The van der Waals surface area contributed by atoms with E-state index in [1.54, 1.807) is 0 Å². The van der Waals surface area contributed by atoms with E-state index in [1.165, 1.54) is 25.1 Å². The number of halogens is 5. The van der Waals surface area contributed by atoms with Gasteiger partial charge in [-0.3, -0.25) is 0 Å². The Bertz CT molecular complexity index is 737. The molecule has 1 aliphatic rings. The van der Waals surface area contributed by atoms with Gasteiger partial charge in [0.05, 0.1) is 5.30 Å². The lowest BCUT2D eigenvalue weighted by molar-refractivity contribution is 0.697. The summed E-state index contributed by atoms with van der Waals surface area (Å²) in [4.78, 5) is 0. The number of benzene rings is 1. The van der Waals surface area contributed by atoms with Crippen molar-refractivity contribution in [1.82, 2.24) is 0 Å². The Morgan fingerprint density at radius 1 is 0.950 bits per heavy atom. The number of rotatable bonds is 2. The molecule has 0 saturated carbocycles. The Morgan fingerprint density at radius 2 is 1.50 bits per heavy atom. The van der Waals surface area contributed by atoms with Crippen molar-refractivity contribution in [3.8, 4) is 0 Å². The van der Waals surface area contributed by atoms with E-state index >= 15 is 0 Å². The molecule has 1 heterocycles. The van der Waals surface area contributed by atoms with Crippen LogP contribution < -0.4 is 5.30 Å². The molecule has 3 nitrogen and oxygen atoms in total. The summed E-state index contributed by atoms with van der Waals surface area (Å²) in [5.41, 5.74) is 0.520. The van der Waals surface area contributed by atoms with Gasteiger partial charge in [0.1, 0.15) is 0 Å². The van der Waals surface area contributed by atoms with Crippen LogP contribution in [-0.2, 0) is 0 Å². The molecule has 11 heteroatoms. The molecule has 1 aromatic carbocycles. The molecule has 2 rings (SSSR count). The summed E-state index contributed by atoms with van der Waals surface area (Å²) in [5, 5.41) is -0.359. The molecule has 0 amide bonds. The van der Waals surface area contributed by atoms with E-state index in [-0.39, 0.29) is 10.9 Å². The maximum atomic E-state index is 14.7. The molecule has 1 aliphatic heterocycles. The average molecular weight is 347 g/mol. The van der Waals surface area contributed by atoms with Crippen LogP contribution in [0.1, 0.15) is 12.5 Å². The van der Waals surface area contributed by atoms with Gasteiger partial charge in [-0.1, -0.05) is 30.4 Å². The molecule has 1 unspecified atom stereocenters. The summed E-state index contributed by atoms with van der Waals surface area (Å²) in [6.45, 7) is 5.09. The first kappa shape index (κ1) is 15.7. The van der Waals surface area contributed by atoms with Gasteiger partial charge < -0.3 is 0 Å². The van der Waals surface area contributed by atoms with Crippen molar-refractivity contribution in [2.75, 3.05) is 0 Å². The Hall–Kier alpha value is -0.700. The van der Waals surface area contributed by atoms with E-state index in [2.05, 4.69) is 15.6 Å². The summed E-state index contributed by atoms with van der Waals surface area (Å²) >= 11 is 0. The fourth-order valence-electron chi connectivity index (χ4n) is 1.65. The summed E-state index contributed by atoms with van der Waals surface area (Å²) in [5.74, 6) is 0. The first-order valence-corrected chi connectivity index (χ1v) is 9.74. The van der Waals surface area contributed by atoms with Gasteiger partial charge in [-0.2, -0.15) is 13.2 Å². The Balaban J connectivity index is 2.83. The standard InChI is InChI=1S/C9H9F5N3P3/c1-7(2)8-5-3-4-6-9(8)18(10)15-19(11,12)17-20(13,14)16-18/h3-6H,1H2,2H3. The Labute approximate surface area is 112 Å². The van der Waals surface area contributed by atoms with Crippen LogP contribution in [0.15, 0.2) is 44.4 Å². The van der Waals surface area contributed by atoms with E-state index < -0.39 is 23.2 Å². The third kappa shape index (κ3) is 3.13. The van der Waals surface area contributed by atoms with Crippen molar-refractivity contribution in [2.24, 2.45) is 13.5 Å². The van der Waals surface area contributed by atoms with E-state index in [9.17, 15) is 21.0 Å². The zero-order valence-corrected chi connectivity index (χ0v) is 12.8. The van der Waals surface area contributed by atoms with Gasteiger partial charge in [0.25, 0.3) is 7.52 Å². The van der Waals surface area contributed by atoms with Crippen molar-refractivity contribution in [3.63, 3.8) is 0 Å². The number of hydrogen-bond acceptors (Lipinski definition) is 3. The van der Waals surface area contributed by atoms with Gasteiger partial charge in [0.15, 0.2) is 0 Å². The van der Waals surface area contributed by atoms with Crippen molar-refractivity contribution >= 4 is 34.0 Å². The maximum absolute atomic E-state index is 14.7. The zero-order valence-electron chi connectivity index (χ0n) is 10.1. The van der Waals surface area contributed by atoms with Crippen LogP contribution in [0.2, 0.25) is 0 Å². The minimum absolute atomic E-state index is 0.165. The second-order valence-electron chi connectivity index (χ2n) is 4.00. The largest absolute Gasteiger partial charge is 0.423 e. The first-order valence-electron chi connectivity index (χ1n) is 5.20. The van der Waals surface area contributed by atoms with Gasteiger partial charge in [-0.25, -0.2) is 0 Å². The van der Waals surface area contributed by atoms with Gasteiger partial charge in [-0.15, -0.1) is 21.3 Å². The minimum Gasteiger partial charge on any atom is -0.178 e. The molecule has 0 aliphatic carbocycles. The molecular formula is C9H9F5N3P3. The fourth-order valence-corrected chi connectivity index (χ4v) is 7.98. The molecule has 0 radical (unpaired) electrons. The number of hydrogen-bond donors (Lipinski definition) is 0. The van der Waals surface area contributed by atoms with Crippen LogP contribution in [0.5, 0.6) is 0 Å². The van der Waals surface area contributed by atoms with Crippen LogP contribution in [0.3, 0.4) is 0 Å². The van der Waals surface area contributed by atoms with Crippen molar-refractivity contribution in [3.05, 3.63) is 36.4 Å². The van der Waals surface area contributed by atoms with Crippen LogP contribution in [-0.4, -0.2) is 0 Å². The lowest BCUT2D eigenvalue weighted by Gasteiger charge is -2.19. The lowest BCUT2D eigenvalue weighted by atomic mass is 10.1. The molecule has 0 aromatic heterocycles. The second-order valence-corrected chi connectivity index (χ2v) is 9.50. The molecule has 0 fully saturated rings. The molecule has 20 heavy (non-hydrogen) atoms. The normalized spacial score (nSPS) is 26.9. The van der Waals surface area contributed by atoms with Gasteiger partial charge >= 0.3 is 15.7 Å². The average Bonchev–Trinajstić information content (AvgIpc) is 2.24. The monoisotopic (exact) mass is 347 g/mol. The van der Waals surface area contributed by atoms with Crippen LogP contribution >= 0.6 is 23.2 Å². The predicted molar refractivity (Wildman–Crippen MR) is 74.4 cm³/mol. The van der Waals surface area contributed by atoms with Gasteiger partial charge in [0, 0.05) is 0 Å². The van der Waals surface area contributed by atoms with Crippen LogP contribution in [0, 0.1) is 0 Å². The molecule has 0 bridgehead atoms. The smallest absolute Gasteiger partial charge is 0.178 e. The summed E-state index contributed by atoms with van der Waals surface area (Å²) < 4.78 is 75.0. The van der Waals surface area contributed by atoms with Gasteiger partial charge in [-0.05, 0) is 18.6 Å². The summed E-state index contributed by atoms with van der Waals surface area (Å²) in [6.07, 6.45) is 0. The van der Waals surface area contributed by atoms with Crippen LogP contribution in [0.4, 0.5) is 21.0 Å². The first-order chi connectivity index (χ1) is 9.05. The summed E-state index contributed by atoms with van der Waals surface area (Å²) in [6, 6.07) is 5.42. The van der Waals surface area contributed by atoms with E-state index in [0.29, 0.717) is 5.57 Å². The second kappa shape index (κ2) is 4.94. The highest BCUT2D eigenvalue weighted by Gasteiger charge is 2.40. The molecule has 1 atom stereocenters. The zero-order chi connectivity index (χ0) is 15.2. The Kier molecular flexibility index (Phi) is 3.87. The highest BCUT2D eigenvalue weighted by molar-refractivity contribution is 7.82. The molecule has 0 spiro atoms. The lowest BCUT2D eigenvalue weighted by Crippen LogP contribution is -2.06. The maximum Gasteiger partial charge on any atom is 0.423 e. The predicted octanol–water partition coefficient (Wildman–Crippen LogP) is 7.13. The van der Waals surface area contributed by atoms with E-state index in [1.807, 2.05) is 4.52 Å². The van der Waals surface area contributed by atoms with Gasteiger partial charge in [0.2, 0.25) is 0 Å². The molecule has 0 N–H and O–H groups in total. The van der Waals surface area contributed by atoms with Crippen molar-refractivity contribution < 1.29 is 21.0 Å². The highest BCUT2D eigenvalue weighted by Crippen LogP contribution is 2.81. The quantitative estimate of drug-likeness (QED) is 0.403. The molecule has 110 valence electrons. The Morgan fingerprint density at radius 3 is 2.05 bits per heavy atom. The summed E-state index contributed by atoms with van der Waals surface area (Å²) in [7, 11) is -16.2. The van der Waals surface area contributed by atoms with E-state index in [4.69, 9.17) is 0 Å². The highest BCUT2D eigenvalue weighted by atomic mass is 31.3.